The number of carbonyl (C=O) groups is 2. The maximum absolute atomic E-state index is 11.7. The van der Waals surface area contributed by atoms with Gasteiger partial charge in [-0.2, -0.15) is 0 Å². The van der Waals surface area contributed by atoms with Crippen LogP contribution in [0.3, 0.4) is 0 Å². The normalized spacial score (nSPS) is 21.8. The predicted octanol–water partition coefficient (Wildman–Crippen LogP) is 2.65. The Labute approximate surface area is 122 Å². The lowest BCUT2D eigenvalue weighted by Gasteiger charge is -2.22. The van der Waals surface area contributed by atoms with Gasteiger partial charge >= 0.3 is 0 Å². The Balaban J connectivity index is 2.97. The molecule has 90 valence electrons. The maximum Gasteiger partial charge on any atom is 0.204 e. The summed E-state index contributed by atoms with van der Waals surface area (Å²) in [4.78, 5) is 21.8. The molecular weight excluding hydrogens is 389 g/mol. The number of allylic oxidation sites excluding steroid dienone is 2. The van der Waals surface area contributed by atoms with Crippen molar-refractivity contribution in [1.29, 1.82) is 0 Å². The second-order valence-electron chi connectivity index (χ2n) is 3.30. The van der Waals surface area contributed by atoms with Gasteiger partial charge in [0.1, 0.15) is 10.1 Å². The number of rotatable bonds is 4. The first-order valence-electron chi connectivity index (χ1n) is 4.31. The van der Waals surface area contributed by atoms with Gasteiger partial charge in [0.15, 0.2) is 4.87 Å². The smallest absolute Gasteiger partial charge is 0.204 e. The number of halogens is 4. The molecule has 0 aliphatic heterocycles. The summed E-state index contributed by atoms with van der Waals surface area (Å²) in [6.45, 7) is 0. The molecule has 0 radical (unpaired) electrons. The van der Waals surface area contributed by atoms with Crippen molar-refractivity contribution in [2.45, 2.75) is 17.4 Å². The van der Waals surface area contributed by atoms with E-state index in [0.29, 0.717) is 4.43 Å². The molecule has 0 aromatic rings. The van der Waals surface area contributed by atoms with E-state index in [2.05, 4.69) is 22.6 Å². The summed E-state index contributed by atoms with van der Waals surface area (Å²) < 4.78 is 5.70. The van der Waals surface area contributed by atoms with Crippen LogP contribution in [0.2, 0.25) is 0 Å². The van der Waals surface area contributed by atoms with Crippen LogP contribution in [0.4, 0.5) is 0 Å². The van der Waals surface area contributed by atoms with Crippen molar-refractivity contribution in [2.75, 3.05) is 11.5 Å². The zero-order valence-corrected chi connectivity index (χ0v) is 12.7. The molecule has 0 bridgehead atoms. The average molecular weight is 397 g/mol. The van der Waals surface area contributed by atoms with E-state index in [4.69, 9.17) is 39.5 Å². The largest absolute Gasteiger partial charge is 0.381 e. The average Bonchev–Trinajstić information content (AvgIpc) is 2.43. The van der Waals surface area contributed by atoms with Crippen LogP contribution in [0.25, 0.3) is 0 Å². The molecule has 16 heavy (non-hydrogen) atoms. The SMILES string of the molecule is COC(CI)CC1(Cl)C(=O)C(Cl)=C(Cl)C1=O. The highest BCUT2D eigenvalue weighted by atomic mass is 127. The van der Waals surface area contributed by atoms with Crippen LogP contribution in [0, 0.1) is 0 Å². The number of hydrogen-bond acceptors (Lipinski definition) is 3. The molecule has 0 aromatic heterocycles. The Morgan fingerprint density at radius 1 is 1.31 bits per heavy atom. The second-order valence-corrected chi connectivity index (χ2v) is 5.59. The number of Topliss-reactive ketones (excluding diaryl/α,β-unsaturated/α-hetero) is 2. The Morgan fingerprint density at radius 2 is 1.75 bits per heavy atom. The molecule has 1 atom stereocenters. The Bertz CT molecular complexity index is 339. The van der Waals surface area contributed by atoms with Crippen molar-refractivity contribution in [3.8, 4) is 0 Å². The zero-order chi connectivity index (χ0) is 12.5. The molecule has 0 N–H and O–H groups in total. The van der Waals surface area contributed by atoms with Crippen molar-refractivity contribution in [1.82, 2.24) is 0 Å². The van der Waals surface area contributed by atoms with Crippen LogP contribution in [0.1, 0.15) is 6.42 Å². The van der Waals surface area contributed by atoms with Gasteiger partial charge in [-0.05, 0) is 0 Å². The minimum atomic E-state index is -1.69. The Kier molecular flexibility index (Phi) is 5.07. The first-order valence-corrected chi connectivity index (χ1v) is 6.97. The molecule has 0 fully saturated rings. The van der Waals surface area contributed by atoms with E-state index in [9.17, 15) is 9.59 Å². The fourth-order valence-electron chi connectivity index (χ4n) is 1.35. The lowest BCUT2D eigenvalue weighted by atomic mass is 9.96. The summed E-state index contributed by atoms with van der Waals surface area (Å²) in [7, 11) is 1.49. The molecule has 0 aromatic carbocycles. The van der Waals surface area contributed by atoms with Crippen molar-refractivity contribution in [2.24, 2.45) is 0 Å². The summed E-state index contributed by atoms with van der Waals surface area (Å²) in [5, 5.41) is -0.574. The van der Waals surface area contributed by atoms with E-state index in [1.807, 2.05) is 0 Å². The summed E-state index contributed by atoms with van der Waals surface area (Å²) in [5.74, 6) is -1.28. The van der Waals surface area contributed by atoms with E-state index in [1.165, 1.54) is 7.11 Å². The zero-order valence-electron chi connectivity index (χ0n) is 8.23. The van der Waals surface area contributed by atoms with Crippen LogP contribution in [-0.4, -0.2) is 34.1 Å². The Morgan fingerprint density at radius 3 is 2.06 bits per heavy atom. The molecule has 3 nitrogen and oxygen atoms in total. The van der Waals surface area contributed by atoms with Gasteiger partial charge < -0.3 is 4.74 Å². The third kappa shape index (κ3) is 2.41. The molecular formula is C9H8Cl3IO3. The van der Waals surface area contributed by atoms with Gasteiger partial charge in [0, 0.05) is 18.0 Å². The number of hydrogen-bond donors (Lipinski definition) is 0. The fourth-order valence-corrected chi connectivity index (χ4v) is 2.97. The molecule has 0 heterocycles. The number of alkyl halides is 2. The van der Waals surface area contributed by atoms with Gasteiger partial charge in [0.2, 0.25) is 11.6 Å². The van der Waals surface area contributed by atoms with Crippen molar-refractivity contribution < 1.29 is 14.3 Å². The van der Waals surface area contributed by atoms with E-state index in [0.717, 1.165) is 0 Å². The lowest BCUT2D eigenvalue weighted by molar-refractivity contribution is -0.125. The van der Waals surface area contributed by atoms with E-state index in [-0.39, 0.29) is 22.6 Å². The maximum atomic E-state index is 11.7. The first-order chi connectivity index (χ1) is 7.38. The number of ketones is 2. The first kappa shape index (κ1) is 14.7. The summed E-state index contributed by atoms with van der Waals surface area (Å²) in [5.41, 5.74) is 0. The van der Waals surface area contributed by atoms with Crippen LogP contribution in [-0.2, 0) is 14.3 Å². The third-order valence-electron chi connectivity index (χ3n) is 2.33. The highest BCUT2D eigenvalue weighted by Crippen LogP contribution is 2.41. The topological polar surface area (TPSA) is 43.4 Å². The van der Waals surface area contributed by atoms with Gasteiger partial charge in [0.05, 0.1) is 6.10 Å². The van der Waals surface area contributed by atoms with Gasteiger partial charge in [-0.1, -0.05) is 45.8 Å². The van der Waals surface area contributed by atoms with Crippen molar-refractivity contribution >= 4 is 69.0 Å². The summed E-state index contributed by atoms with van der Waals surface area (Å²) >= 11 is 19.3. The molecule has 1 aliphatic carbocycles. The van der Waals surface area contributed by atoms with E-state index < -0.39 is 16.4 Å². The fraction of sp³-hybridized carbons (Fsp3) is 0.556. The van der Waals surface area contributed by atoms with Crippen LogP contribution >= 0.6 is 57.4 Å². The van der Waals surface area contributed by atoms with Gasteiger partial charge in [-0.3, -0.25) is 9.59 Å². The third-order valence-corrected chi connectivity index (χ3v) is 4.62. The van der Waals surface area contributed by atoms with Crippen molar-refractivity contribution in [3.05, 3.63) is 10.1 Å². The molecule has 1 aliphatic rings. The van der Waals surface area contributed by atoms with Crippen LogP contribution in [0.5, 0.6) is 0 Å². The summed E-state index contributed by atoms with van der Waals surface area (Å²) in [6, 6.07) is 0. The van der Waals surface area contributed by atoms with Gasteiger partial charge in [-0.25, -0.2) is 0 Å². The van der Waals surface area contributed by atoms with Gasteiger partial charge in [-0.15, -0.1) is 11.6 Å². The molecule has 1 rings (SSSR count). The quantitative estimate of drug-likeness (QED) is 0.416. The molecule has 0 spiro atoms. The highest BCUT2D eigenvalue weighted by molar-refractivity contribution is 14.1. The van der Waals surface area contributed by atoms with Crippen LogP contribution < -0.4 is 0 Å². The van der Waals surface area contributed by atoms with Gasteiger partial charge in [0.25, 0.3) is 0 Å². The van der Waals surface area contributed by atoms with E-state index in [1.54, 1.807) is 0 Å². The minimum Gasteiger partial charge on any atom is -0.381 e. The van der Waals surface area contributed by atoms with E-state index >= 15 is 0 Å². The molecule has 1 unspecified atom stereocenters. The molecule has 7 heteroatoms. The molecule has 0 saturated heterocycles. The molecule has 0 amide bonds. The highest BCUT2D eigenvalue weighted by Gasteiger charge is 2.53. The Hall–Kier alpha value is 0.640. The lowest BCUT2D eigenvalue weighted by Crippen LogP contribution is -2.40. The second kappa shape index (κ2) is 5.52. The number of methoxy groups -OCH3 is 1. The number of ether oxygens (including phenoxy) is 1. The summed E-state index contributed by atoms with van der Waals surface area (Å²) in [6.07, 6.45) is -0.226. The van der Waals surface area contributed by atoms with Crippen LogP contribution in [0.15, 0.2) is 10.1 Å². The minimum absolute atomic E-state index is 0.0676. The van der Waals surface area contributed by atoms with Crippen molar-refractivity contribution in [3.63, 3.8) is 0 Å². The monoisotopic (exact) mass is 396 g/mol. The predicted molar refractivity (Wildman–Crippen MR) is 71.6 cm³/mol. The number of carbonyl (C=O) groups excluding carboxylic acids is 2. The molecule has 0 saturated carbocycles. The standard InChI is InChI=1S/C9H8Cl3IO3/c1-16-4(3-13)2-9(12)7(14)5(10)6(11)8(9)15/h4H,2-3H2,1H3.